The Bertz CT molecular complexity index is 872. The first-order valence-electron chi connectivity index (χ1n) is 7.92. The number of rotatable bonds is 4. The van der Waals surface area contributed by atoms with Gasteiger partial charge in [0.2, 0.25) is 0 Å². The maximum atomic E-state index is 14.3. The minimum atomic E-state index is -0.635. The topological polar surface area (TPSA) is 41.5 Å². The number of isothiocyanates is 1. The van der Waals surface area contributed by atoms with Crippen LogP contribution in [0.5, 0.6) is 0 Å². The Morgan fingerprint density at radius 2 is 1.80 bits per heavy atom. The summed E-state index contributed by atoms with van der Waals surface area (Å²) >= 11 is 4.54. The number of benzene rings is 2. The van der Waals surface area contributed by atoms with E-state index in [2.05, 4.69) is 27.7 Å². The van der Waals surface area contributed by atoms with E-state index in [1.54, 1.807) is 25.1 Å². The third-order valence-corrected chi connectivity index (χ3v) is 4.51. The Labute approximate surface area is 149 Å². The SMILES string of the molecule is Cc1ccc(-c2ccc(C(=O)NC3CC(N=C=S)C3)c(F)c2)cc1F. The van der Waals surface area contributed by atoms with Gasteiger partial charge >= 0.3 is 0 Å². The van der Waals surface area contributed by atoms with E-state index < -0.39 is 11.7 Å². The molecule has 3 rings (SSSR count). The van der Waals surface area contributed by atoms with E-state index in [0.29, 0.717) is 29.5 Å². The van der Waals surface area contributed by atoms with Gasteiger partial charge in [0.1, 0.15) is 11.6 Å². The number of halogens is 2. The molecular weight excluding hydrogens is 342 g/mol. The van der Waals surface area contributed by atoms with Crippen molar-refractivity contribution in [3.8, 4) is 11.1 Å². The molecule has 6 heteroatoms. The summed E-state index contributed by atoms with van der Waals surface area (Å²) in [5.41, 5.74) is 1.58. The summed E-state index contributed by atoms with van der Waals surface area (Å²) in [5.74, 6) is -1.45. The van der Waals surface area contributed by atoms with Gasteiger partial charge in [-0.25, -0.2) is 13.8 Å². The van der Waals surface area contributed by atoms with Crippen molar-refractivity contribution >= 4 is 23.3 Å². The van der Waals surface area contributed by atoms with Crippen molar-refractivity contribution in [3.63, 3.8) is 0 Å². The fourth-order valence-corrected chi connectivity index (χ4v) is 2.95. The summed E-state index contributed by atoms with van der Waals surface area (Å²) in [6.45, 7) is 1.66. The molecule has 0 atom stereocenters. The van der Waals surface area contributed by atoms with Crippen LogP contribution in [0.15, 0.2) is 41.4 Å². The molecule has 0 saturated heterocycles. The van der Waals surface area contributed by atoms with Crippen LogP contribution in [-0.4, -0.2) is 23.2 Å². The van der Waals surface area contributed by atoms with E-state index in [0.717, 1.165) is 0 Å². The van der Waals surface area contributed by atoms with Gasteiger partial charge in [-0.15, -0.1) is 0 Å². The van der Waals surface area contributed by atoms with E-state index in [1.807, 2.05) is 0 Å². The van der Waals surface area contributed by atoms with E-state index in [-0.39, 0.29) is 23.5 Å². The van der Waals surface area contributed by atoms with Crippen molar-refractivity contribution in [2.45, 2.75) is 31.8 Å². The number of aliphatic imine (C=N–C) groups is 1. The predicted octanol–water partition coefficient (Wildman–Crippen LogP) is 4.30. The number of amides is 1. The molecule has 0 unspecified atom stereocenters. The molecule has 0 aromatic heterocycles. The molecule has 1 aliphatic rings. The maximum absolute atomic E-state index is 14.3. The number of thiocarbonyl (C=S) groups is 1. The highest BCUT2D eigenvalue weighted by Crippen LogP contribution is 2.26. The van der Waals surface area contributed by atoms with Gasteiger partial charge in [-0.1, -0.05) is 18.2 Å². The molecule has 1 aliphatic carbocycles. The normalized spacial score (nSPS) is 18.8. The fourth-order valence-electron chi connectivity index (χ4n) is 2.80. The number of carbonyl (C=O) groups excluding carboxylic acids is 1. The van der Waals surface area contributed by atoms with Crippen molar-refractivity contribution in [2.24, 2.45) is 4.99 Å². The highest BCUT2D eigenvalue weighted by molar-refractivity contribution is 7.78. The standard InChI is InChI=1S/C19H16F2N2OS/c1-11-2-3-12(6-17(11)20)13-4-5-16(18(21)7-13)19(24)23-15-8-14(9-15)22-10-25/h2-7,14-15H,8-9H2,1H3,(H,23,24). The van der Waals surface area contributed by atoms with Crippen LogP contribution in [0, 0.1) is 18.6 Å². The van der Waals surface area contributed by atoms with Crippen LogP contribution in [0.25, 0.3) is 11.1 Å². The van der Waals surface area contributed by atoms with Crippen molar-refractivity contribution in [1.29, 1.82) is 0 Å². The van der Waals surface area contributed by atoms with Crippen LogP contribution in [0.4, 0.5) is 8.78 Å². The van der Waals surface area contributed by atoms with Gasteiger partial charge in [0.05, 0.1) is 16.8 Å². The minimum Gasteiger partial charge on any atom is -0.349 e. The van der Waals surface area contributed by atoms with Crippen molar-refractivity contribution in [2.75, 3.05) is 0 Å². The number of aryl methyl sites for hydroxylation is 1. The number of hydrogen-bond acceptors (Lipinski definition) is 3. The van der Waals surface area contributed by atoms with Gasteiger partial charge in [-0.2, -0.15) is 0 Å². The molecule has 0 heterocycles. The Morgan fingerprint density at radius 3 is 2.40 bits per heavy atom. The van der Waals surface area contributed by atoms with Gasteiger partial charge in [-0.05, 0) is 66.9 Å². The summed E-state index contributed by atoms with van der Waals surface area (Å²) in [6.07, 6.45) is 1.36. The molecule has 0 aliphatic heterocycles. The van der Waals surface area contributed by atoms with Gasteiger partial charge in [0.25, 0.3) is 5.91 Å². The third-order valence-electron chi connectivity index (χ3n) is 4.40. The first kappa shape index (κ1) is 17.4. The lowest BCUT2D eigenvalue weighted by Gasteiger charge is -2.32. The fraction of sp³-hybridized carbons (Fsp3) is 0.263. The lowest BCUT2D eigenvalue weighted by Crippen LogP contribution is -2.46. The second-order valence-electron chi connectivity index (χ2n) is 6.17. The summed E-state index contributed by atoms with van der Waals surface area (Å²) in [6, 6.07) is 9.05. The molecule has 1 fully saturated rings. The van der Waals surface area contributed by atoms with E-state index in [4.69, 9.17) is 0 Å². The molecule has 0 radical (unpaired) electrons. The smallest absolute Gasteiger partial charge is 0.254 e. The first-order chi connectivity index (χ1) is 12.0. The third kappa shape index (κ3) is 3.81. The molecule has 2 aromatic rings. The second kappa shape index (κ2) is 7.21. The first-order valence-corrected chi connectivity index (χ1v) is 8.32. The van der Waals surface area contributed by atoms with Gasteiger partial charge in [0, 0.05) is 6.04 Å². The highest BCUT2D eigenvalue weighted by Gasteiger charge is 2.30. The molecule has 1 saturated carbocycles. The molecule has 25 heavy (non-hydrogen) atoms. The molecule has 128 valence electrons. The number of nitrogens with zero attached hydrogens (tertiary/aromatic N) is 1. The predicted molar refractivity (Wildman–Crippen MR) is 95.8 cm³/mol. The van der Waals surface area contributed by atoms with Gasteiger partial charge in [0.15, 0.2) is 0 Å². The Hall–Kier alpha value is -2.43. The number of nitrogens with one attached hydrogen (secondary N) is 1. The summed E-state index contributed by atoms with van der Waals surface area (Å²) in [7, 11) is 0. The zero-order valence-electron chi connectivity index (χ0n) is 13.6. The molecule has 0 spiro atoms. The number of hydrogen-bond donors (Lipinski definition) is 1. The Kier molecular flexibility index (Phi) is 5.02. The highest BCUT2D eigenvalue weighted by atomic mass is 32.1. The largest absolute Gasteiger partial charge is 0.349 e. The zero-order chi connectivity index (χ0) is 18.0. The average Bonchev–Trinajstić information content (AvgIpc) is 2.55. The van der Waals surface area contributed by atoms with Crippen molar-refractivity contribution in [1.82, 2.24) is 5.32 Å². The minimum absolute atomic E-state index is 0.0295. The van der Waals surface area contributed by atoms with Crippen LogP contribution in [0.2, 0.25) is 0 Å². The monoisotopic (exact) mass is 358 g/mol. The van der Waals surface area contributed by atoms with Crippen molar-refractivity contribution < 1.29 is 13.6 Å². The molecule has 3 nitrogen and oxygen atoms in total. The molecular formula is C19H16F2N2OS. The van der Waals surface area contributed by atoms with Crippen LogP contribution in [0.1, 0.15) is 28.8 Å². The summed E-state index contributed by atoms with van der Waals surface area (Å²) in [4.78, 5) is 16.1. The van der Waals surface area contributed by atoms with Gasteiger partial charge < -0.3 is 5.32 Å². The van der Waals surface area contributed by atoms with Crippen LogP contribution >= 0.6 is 12.2 Å². The Morgan fingerprint density at radius 1 is 1.16 bits per heavy atom. The molecule has 1 amide bonds. The second-order valence-corrected chi connectivity index (χ2v) is 6.36. The summed E-state index contributed by atoms with van der Waals surface area (Å²) < 4.78 is 28.0. The van der Waals surface area contributed by atoms with Crippen LogP contribution < -0.4 is 5.32 Å². The average molecular weight is 358 g/mol. The quantitative estimate of drug-likeness (QED) is 0.654. The van der Waals surface area contributed by atoms with Crippen molar-refractivity contribution in [3.05, 3.63) is 59.2 Å². The van der Waals surface area contributed by atoms with E-state index in [9.17, 15) is 13.6 Å². The molecule has 1 N–H and O–H groups in total. The lowest BCUT2D eigenvalue weighted by molar-refractivity contribution is 0.0906. The Balaban J connectivity index is 1.72. The maximum Gasteiger partial charge on any atom is 0.254 e. The van der Waals surface area contributed by atoms with E-state index in [1.165, 1.54) is 18.2 Å². The molecule has 0 bridgehead atoms. The summed E-state index contributed by atoms with van der Waals surface area (Å²) in [5, 5.41) is 5.10. The lowest BCUT2D eigenvalue weighted by atomic mass is 9.87. The zero-order valence-corrected chi connectivity index (χ0v) is 14.4. The van der Waals surface area contributed by atoms with Gasteiger partial charge in [-0.3, -0.25) is 4.79 Å². The molecule has 2 aromatic carbocycles. The van der Waals surface area contributed by atoms with Crippen LogP contribution in [-0.2, 0) is 0 Å². The van der Waals surface area contributed by atoms with E-state index >= 15 is 0 Å². The van der Waals surface area contributed by atoms with Crippen LogP contribution in [0.3, 0.4) is 0 Å². The number of carbonyl (C=O) groups is 1.